The molecule has 1 aromatic carbocycles. The van der Waals surface area contributed by atoms with Crippen molar-refractivity contribution in [3.8, 4) is 0 Å². The fraction of sp³-hybridized carbons (Fsp3) is 0.250. The summed E-state index contributed by atoms with van der Waals surface area (Å²) in [6.45, 7) is 1.81. The molecule has 7 nitrogen and oxygen atoms in total. The molecule has 0 radical (unpaired) electrons. The van der Waals surface area contributed by atoms with Gasteiger partial charge in [-0.1, -0.05) is 0 Å². The van der Waals surface area contributed by atoms with Gasteiger partial charge in [0, 0.05) is 18.3 Å². The lowest BCUT2D eigenvalue weighted by Crippen LogP contribution is -2.34. The van der Waals surface area contributed by atoms with Gasteiger partial charge in [0.2, 0.25) is 0 Å². The van der Waals surface area contributed by atoms with Crippen molar-refractivity contribution in [1.82, 2.24) is 10.6 Å². The number of benzene rings is 1. The van der Waals surface area contributed by atoms with E-state index in [1.165, 1.54) is 7.05 Å². The Labute approximate surface area is 110 Å². The van der Waals surface area contributed by atoms with E-state index in [2.05, 4.69) is 15.4 Å². The van der Waals surface area contributed by atoms with E-state index in [4.69, 9.17) is 0 Å². The Morgan fingerprint density at radius 3 is 2.32 bits per heavy atom. The van der Waals surface area contributed by atoms with Gasteiger partial charge in [-0.2, -0.15) is 0 Å². The number of imide groups is 1. The summed E-state index contributed by atoms with van der Waals surface area (Å²) in [5.74, 6) is -0.220. The van der Waals surface area contributed by atoms with Crippen LogP contribution in [-0.4, -0.2) is 31.7 Å². The highest BCUT2D eigenvalue weighted by Gasteiger charge is 2.08. The molecule has 0 aliphatic carbocycles. The van der Waals surface area contributed by atoms with Gasteiger partial charge in [0.15, 0.2) is 0 Å². The van der Waals surface area contributed by atoms with E-state index in [0.29, 0.717) is 11.3 Å². The predicted octanol–water partition coefficient (Wildman–Crippen LogP) is 1.32. The molecule has 1 aromatic rings. The van der Waals surface area contributed by atoms with Crippen molar-refractivity contribution in [3.05, 3.63) is 29.8 Å². The largest absolute Gasteiger partial charge is 0.450 e. The number of hydrogen-bond acceptors (Lipinski definition) is 4. The zero-order chi connectivity index (χ0) is 14.3. The Hall–Kier alpha value is -2.57. The number of anilines is 1. The van der Waals surface area contributed by atoms with Gasteiger partial charge in [0.25, 0.3) is 5.91 Å². The number of rotatable bonds is 3. The van der Waals surface area contributed by atoms with E-state index in [1.807, 2.05) is 5.32 Å². The van der Waals surface area contributed by atoms with Crippen LogP contribution in [0.1, 0.15) is 17.3 Å². The minimum absolute atomic E-state index is 0.180. The first-order valence-electron chi connectivity index (χ1n) is 5.63. The van der Waals surface area contributed by atoms with Gasteiger partial charge in [-0.3, -0.25) is 4.79 Å². The van der Waals surface area contributed by atoms with Gasteiger partial charge >= 0.3 is 12.1 Å². The quantitative estimate of drug-likeness (QED) is 0.768. The summed E-state index contributed by atoms with van der Waals surface area (Å²) in [7, 11) is 1.53. The molecule has 19 heavy (non-hydrogen) atoms. The average molecular weight is 265 g/mol. The Morgan fingerprint density at radius 1 is 1.16 bits per heavy atom. The van der Waals surface area contributed by atoms with Gasteiger partial charge in [0.05, 0.1) is 6.61 Å². The summed E-state index contributed by atoms with van der Waals surface area (Å²) in [5, 5.41) is 6.90. The number of carbonyl (C=O) groups is 3. The molecule has 0 spiro atoms. The highest BCUT2D eigenvalue weighted by atomic mass is 16.5. The Kier molecular flexibility index (Phi) is 5.34. The van der Waals surface area contributed by atoms with E-state index >= 15 is 0 Å². The maximum Gasteiger partial charge on any atom is 0.415 e. The van der Waals surface area contributed by atoms with Crippen LogP contribution in [0.5, 0.6) is 0 Å². The Balaban J connectivity index is 2.56. The van der Waals surface area contributed by atoms with Gasteiger partial charge in [-0.15, -0.1) is 0 Å². The van der Waals surface area contributed by atoms with E-state index in [9.17, 15) is 14.4 Å². The zero-order valence-electron chi connectivity index (χ0n) is 10.6. The van der Waals surface area contributed by atoms with Crippen molar-refractivity contribution >= 4 is 23.7 Å². The van der Waals surface area contributed by atoms with Gasteiger partial charge < -0.3 is 15.4 Å². The summed E-state index contributed by atoms with van der Waals surface area (Å²) >= 11 is 0. The van der Waals surface area contributed by atoms with Crippen LogP contribution in [-0.2, 0) is 4.74 Å². The van der Waals surface area contributed by atoms with Crippen molar-refractivity contribution in [1.29, 1.82) is 0 Å². The topological polar surface area (TPSA) is 96.5 Å². The molecule has 0 aliphatic rings. The first kappa shape index (κ1) is 14.5. The molecule has 3 N–H and O–H groups in total. The van der Waals surface area contributed by atoms with Crippen LogP contribution in [0.25, 0.3) is 0 Å². The smallest absolute Gasteiger partial charge is 0.415 e. The first-order chi connectivity index (χ1) is 9.06. The molecule has 0 aromatic heterocycles. The van der Waals surface area contributed by atoms with Gasteiger partial charge in [0.1, 0.15) is 0 Å². The van der Waals surface area contributed by atoms with E-state index in [0.717, 1.165) is 0 Å². The maximum atomic E-state index is 11.4. The molecule has 4 amide bonds. The minimum atomic E-state index is -0.818. The SMILES string of the molecule is CCOC(=O)NC(=O)Nc1ccc(C(=O)NC)cc1. The van der Waals surface area contributed by atoms with Crippen LogP contribution in [0, 0.1) is 0 Å². The molecule has 102 valence electrons. The Morgan fingerprint density at radius 2 is 1.79 bits per heavy atom. The van der Waals surface area contributed by atoms with Crippen molar-refractivity contribution in [3.63, 3.8) is 0 Å². The van der Waals surface area contributed by atoms with Crippen LogP contribution >= 0.6 is 0 Å². The normalized spacial score (nSPS) is 9.37. The molecule has 0 unspecified atom stereocenters. The first-order valence-corrected chi connectivity index (χ1v) is 5.63. The molecule has 0 atom stereocenters. The summed E-state index contributed by atoms with van der Waals surface area (Å²) in [6, 6.07) is 5.51. The lowest BCUT2D eigenvalue weighted by Gasteiger charge is -2.07. The fourth-order valence-electron chi connectivity index (χ4n) is 1.27. The summed E-state index contributed by atoms with van der Waals surface area (Å²) in [4.78, 5) is 33.6. The average Bonchev–Trinajstić information content (AvgIpc) is 2.38. The summed E-state index contributed by atoms with van der Waals surface area (Å²) in [6.07, 6.45) is -0.818. The third-order valence-electron chi connectivity index (χ3n) is 2.12. The number of amides is 4. The number of urea groups is 1. The Bertz CT molecular complexity index is 470. The molecule has 0 saturated carbocycles. The minimum Gasteiger partial charge on any atom is -0.450 e. The lowest BCUT2D eigenvalue weighted by molar-refractivity contribution is 0.0963. The fourth-order valence-corrected chi connectivity index (χ4v) is 1.27. The standard InChI is InChI=1S/C12H15N3O4/c1-3-19-12(18)15-11(17)14-9-6-4-8(5-7-9)10(16)13-2/h4-7H,3H2,1-2H3,(H,13,16)(H2,14,15,17,18). The van der Waals surface area contributed by atoms with Gasteiger partial charge in [-0.25, -0.2) is 14.9 Å². The van der Waals surface area contributed by atoms with E-state index in [-0.39, 0.29) is 12.5 Å². The number of ether oxygens (including phenoxy) is 1. The molecule has 0 heterocycles. The monoisotopic (exact) mass is 265 g/mol. The molecule has 0 fully saturated rings. The second-order valence-corrected chi connectivity index (χ2v) is 3.46. The van der Waals surface area contributed by atoms with Crippen LogP contribution in [0.4, 0.5) is 15.3 Å². The van der Waals surface area contributed by atoms with Crippen molar-refractivity contribution in [2.24, 2.45) is 0 Å². The molecule has 0 saturated heterocycles. The van der Waals surface area contributed by atoms with Crippen LogP contribution in [0.15, 0.2) is 24.3 Å². The van der Waals surface area contributed by atoms with Crippen LogP contribution in [0.2, 0.25) is 0 Å². The summed E-state index contributed by atoms with van der Waals surface area (Å²) < 4.78 is 4.55. The second kappa shape index (κ2) is 7.00. The molecular formula is C12H15N3O4. The number of alkyl carbamates (subject to hydrolysis) is 1. The van der Waals surface area contributed by atoms with E-state index < -0.39 is 12.1 Å². The molecular weight excluding hydrogens is 250 g/mol. The predicted molar refractivity (Wildman–Crippen MR) is 69.0 cm³/mol. The van der Waals surface area contributed by atoms with Crippen molar-refractivity contribution in [2.75, 3.05) is 19.0 Å². The number of hydrogen-bond donors (Lipinski definition) is 3. The van der Waals surface area contributed by atoms with Crippen LogP contribution in [0.3, 0.4) is 0 Å². The summed E-state index contributed by atoms with van der Waals surface area (Å²) in [5.41, 5.74) is 0.924. The highest BCUT2D eigenvalue weighted by Crippen LogP contribution is 2.09. The highest BCUT2D eigenvalue weighted by molar-refractivity contribution is 5.99. The van der Waals surface area contributed by atoms with Crippen molar-refractivity contribution < 1.29 is 19.1 Å². The zero-order valence-corrected chi connectivity index (χ0v) is 10.6. The van der Waals surface area contributed by atoms with Crippen molar-refractivity contribution in [2.45, 2.75) is 6.92 Å². The lowest BCUT2D eigenvalue weighted by atomic mass is 10.2. The van der Waals surface area contributed by atoms with E-state index in [1.54, 1.807) is 31.2 Å². The second-order valence-electron chi connectivity index (χ2n) is 3.46. The van der Waals surface area contributed by atoms with Gasteiger partial charge in [-0.05, 0) is 31.2 Å². The van der Waals surface area contributed by atoms with Crippen LogP contribution < -0.4 is 16.0 Å². The molecule has 1 rings (SSSR count). The number of nitrogens with one attached hydrogen (secondary N) is 3. The third-order valence-corrected chi connectivity index (χ3v) is 2.12. The molecule has 0 aliphatic heterocycles. The molecule has 7 heteroatoms. The third kappa shape index (κ3) is 4.66. The molecule has 0 bridgehead atoms. The maximum absolute atomic E-state index is 11.4. The number of carbonyl (C=O) groups excluding carboxylic acids is 3.